The van der Waals surface area contributed by atoms with Gasteiger partial charge in [0.1, 0.15) is 5.82 Å². The van der Waals surface area contributed by atoms with Crippen molar-refractivity contribution < 1.29 is 9.53 Å². The van der Waals surface area contributed by atoms with Gasteiger partial charge in [0.25, 0.3) is 5.56 Å². The second kappa shape index (κ2) is 8.22. The van der Waals surface area contributed by atoms with Gasteiger partial charge < -0.3 is 15.0 Å². The van der Waals surface area contributed by atoms with Crippen LogP contribution in [0.3, 0.4) is 0 Å². The maximum atomic E-state index is 12.9. The van der Waals surface area contributed by atoms with E-state index in [1.165, 1.54) is 11.8 Å². The number of hydrogen-bond donors (Lipinski definition) is 2. The number of H-pyrrole nitrogens is 1. The Labute approximate surface area is 161 Å². The molecule has 0 spiro atoms. The van der Waals surface area contributed by atoms with Crippen LogP contribution >= 0.6 is 11.8 Å². The zero-order chi connectivity index (χ0) is 19.4. The van der Waals surface area contributed by atoms with Crippen molar-refractivity contribution in [2.45, 2.75) is 24.9 Å². The first-order chi connectivity index (χ1) is 13.1. The normalized spacial score (nSPS) is 15.7. The maximum absolute atomic E-state index is 12.9. The van der Waals surface area contributed by atoms with E-state index in [2.05, 4.69) is 26.8 Å². The number of nitrogens with one attached hydrogen (secondary N) is 2. The Morgan fingerprint density at radius 1 is 1.41 bits per heavy atom. The van der Waals surface area contributed by atoms with Crippen molar-refractivity contribution in [1.82, 2.24) is 15.0 Å². The van der Waals surface area contributed by atoms with Crippen LogP contribution in [0.4, 0.5) is 5.82 Å². The summed E-state index contributed by atoms with van der Waals surface area (Å²) in [5.41, 5.74) is 1.87. The third kappa shape index (κ3) is 3.80. The minimum absolute atomic E-state index is 0.247. The summed E-state index contributed by atoms with van der Waals surface area (Å²) in [6.45, 7) is 7.45. The molecule has 2 aromatic rings. The number of carbonyl (C=O) groups is 1. The molecule has 0 bridgehead atoms. The van der Waals surface area contributed by atoms with Gasteiger partial charge in [0, 0.05) is 23.8 Å². The average Bonchev–Trinajstić information content (AvgIpc) is 2.66. The lowest BCUT2D eigenvalue weighted by atomic mass is 9.83. The van der Waals surface area contributed by atoms with Crippen LogP contribution in [0.25, 0.3) is 0 Å². The van der Waals surface area contributed by atoms with Gasteiger partial charge in [0.15, 0.2) is 5.16 Å². The van der Waals surface area contributed by atoms with Crippen LogP contribution in [0.5, 0.6) is 0 Å². The molecule has 0 radical (unpaired) electrons. The lowest BCUT2D eigenvalue weighted by Crippen LogP contribution is -2.31. The second-order valence-electron chi connectivity index (χ2n) is 5.83. The number of pyridine rings is 1. The number of rotatable bonds is 6. The molecular formula is C19H20N4O3S. The van der Waals surface area contributed by atoms with Crippen LogP contribution < -0.4 is 10.9 Å². The molecule has 0 saturated carbocycles. The quantitative estimate of drug-likeness (QED) is 0.342. The average molecular weight is 384 g/mol. The molecule has 1 atom stereocenters. The summed E-state index contributed by atoms with van der Waals surface area (Å²) in [5.74, 6) is 0.0217. The zero-order valence-corrected chi connectivity index (χ0v) is 15.9. The highest BCUT2D eigenvalue weighted by molar-refractivity contribution is 7.99. The number of carbonyl (C=O) groups excluding carboxylic acids is 1. The predicted molar refractivity (Wildman–Crippen MR) is 105 cm³/mol. The van der Waals surface area contributed by atoms with Crippen LogP contribution in [0.2, 0.25) is 0 Å². The van der Waals surface area contributed by atoms with Crippen molar-refractivity contribution >= 4 is 23.5 Å². The van der Waals surface area contributed by atoms with Gasteiger partial charge in [-0.1, -0.05) is 17.8 Å². The van der Waals surface area contributed by atoms with Gasteiger partial charge in [0.2, 0.25) is 0 Å². The first-order valence-electron chi connectivity index (χ1n) is 8.49. The Bertz CT molecular complexity index is 953. The molecule has 3 rings (SSSR count). The van der Waals surface area contributed by atoms with E-state index in [0.717, 1.165) is 5.56 Å². The molecule has 1 aliphatic rings. The van der Waals surface area contributed by atoms with Gasteiger partial charge in [-0.25, -0.2) is 9.78 Å². The molecule has 0 unspecified atom stereocenters. The summed E-state index contributed by atoms with van der Waals surface area (Å²) in [4.78, 5) is 36.9. The Hall–Kier alpha value is -2.87. The topological polar surface area (TPSA) is 97.0 Å². The number of allylic oxidation sites excluding steroid dienone is 1. The van der Waals surface area contributed by atoms with Crippen LogP contribution in [-0.4, -0.2) is 33.3 Å². The Balaban J connectivity index is 2.18. The van der Waals surface area contributed by atoms with Gasteiger partial charge >= 0.3 is 5.97 Å². The lowest BCUT2D eigenvalue weighted by molar-refractivity contribution is -0.138. The highest BCUT2D eigenvalue weighted by Gasteiger charge is 2.36. The molecule has 0 saturated heterocycles. The molecule has 0 fully saturated rings. The van der Waals surface area contributed by atoms with E-state index in [-0.39, 0.29) is 12.2 Å². The highest BCUT2D eigenvalue weighted by Crippen LogP contribution is 2.39. The van der Waals surface area contributed by atoms with Crippen LogP contribution in [-0.2, 0) is 9.53 Å². The standard InChI is InChI=1S/C19H20N4O3S/c1-4-10-27-19-22-16-15(17(24)23-19)14(12-6-8-20-9-7-12)13(11(3)21-16)18(25)26-5-2/h4,6-9,14H,1,5,10H2,2-3H3,(H2,21,22,23,24)/t14-/m0/s1. The number of nitrogens with zero attached hydrogens (tertiary/aromatic N) is 2. The van der Waals surface area contributed by atoms with E-state index in [1.807, 2.05) is 0 Å². The van der Waals surface area contributed by atoms with Gasteiger partial charge in [-0.05, 0) is 31.5 Å². The van der Waals surface area contributed by atoms with Crippen molar-refractivity contribution in [1.29, 1.82) is 0 Å². The molecule has 3 heterocycles. The molecule has 0 aliphatic carbocycles. The van der Waals surface area contributed by atoms with Gasteiger partial charge in [-0.3, -0.25) is 9.78 Å². The Morgan fingerprint density at radius 3 is 2.81 bits per heavy atom. The Kier molecular flexibility index (Phi) is 5.75. The molecule has 0 aromatic carbocycles. The van der Waals surface area contributed by atoms with E-state index in [4.69, 9.17) is 4.74 Å². The molecular weight excluding hydrogens is 364 g/mol. The third-order valence-electron chi connectivity index (χ3n) is 4.09. The third-order valence-corrected chi connectivity index (χ3v) is 4.96. The SMILES string of the molecule is C=CCSc1nc2c(c(=O)[nH]1)[C@@H](c1ccncc1)C(C(=O)OCC)=C(C)N2. The van der Waals surface area contributed by atoms with E-state index in [1.54, 1.807) is 44.4 Å². The van der Waals surface area contributed by atoms with Crippen molar-refractivity contribution in [2.24, 2.45) is 0 Å². The second-order valence-corrected chi connectivity index (χ2v) is 6.84. The van der Waals surface area contributed by atoms with Crippen molar-refractivity contribution in [3.05, 3.63) is 69.9 Å². The molecule has 27 heavy (non-hydrogen) atoms. The first-order valence-corrected chi connectivity index (χ1v) is 9.48. The fraction of sp³-hybridized carbons (Fsp3) is 0.263. The number of esters is 1. The van der Waals surface area contributed by atoms with Crippen LogP contribution in [0.15, 0.2) is 58.4 Å². The van der Waals surface area contributed by atoms with Gasteiger partial charge in [0.05, 0.1) is 23.7 Å². The first kappa shape index (κ1) is 18.9. The number of fused-ring (bicyclic) bond motifs is 1. The number of aromatic nitrogens is 3. The summed E-state index contributed by atoms with van der Waals surface area (Å²) >= 11 is 1.38. The van der Waals surface area contributed by atoms with E-state index in [0.29, 0.717) is 33.6 Å². The van der Waals surface area contributed by atoms with E-state index < -0.39 is 11.9 Å². The molecule has 7 nitrogen and oxygen atoms in total. The van der Waals surface area contributed by atoms with Gasteiger partial charge in [-0.2, -0.15) is 0 Å². The molecule has 8 heteroatoms. The van der Waals surface area contributed by atoms with Crippen molar-refractivity contribution in [3.63, 3.8) is 0 Å². The van der Waals surface area contributed by atoms with Gasteiger partial charge in [-0.15, -0.1) is 6.58 Å². The summed E-state index contributed by atoms with van der Waals surface area (Å²) in [6, 6.07) is 3.57. The number of aromatic amines is 1. The highest BCUT2D eigenvalue weighted by atomic mass is 32.2. The molecule has 2 N–H and O–H groups in total. The van der Waals surface area contributed by atoms with E-state index >= 15 is 0 Å². The number of hydrogen-bond acceptors (Lipinski definition) is 7. The molecule has 1 aliphatic heterocycles. The predicted octanol–water partition coefficient (Wildman–Crippen LogP) is 2.84. The van der Waals surface area contributed by atoms with Crippen LogP contribution in [0, 0.1) is 0 Å². The number of ether oxygens (including phenoxy) is 1. The van der Waals surface area contributed by atoms with Crippen molar-refractivity contribution in [3.8, 4) is 0 Å². The fourth-order valence-corrected chi connectivity index (χ4v) is 3.60. The number of thioether (sulfide) groups is 1. The molecule has 2 aromatic heterocycles. The minimum Gasteiger partial charge on any atom is -0.463 e. The molecule has 0 amide bonds. The van der Waals surface area contributed by atoms with E-state index in [9.17, 15) is 9.59 Å². The summed E-state index contributed by atoms with van der Waals surface area (Å²) in [7, 11) is 0. The monoisotopic (exact) mass is 384 g/mol. The summed E-state index contributed by atoms with van der Waals surface area (Å²) in [5, 5.41) is 3.59. The Morgan fingerprint density at radius 2 is 2.15 bits per heavy atom. The van der Waals surface area contributed by atoms with Crippen LogP contribution in [0.1, 0.15) is 30.9 Å². The lowest BCUT2D eigenvalue weighted by Gasteiger charge is -2.28. The fourth-order valence-electron chi connectivity index (χ4n) is 3.01. The summed E-state index contributed by atoms with van der Waals surface area (Å²) in [6.07, 6.45) is 5.00. The van der Waals surface area contributed by atoms with Crippen molar-refractivity contribution in [2.75, 3.05) is 17.7 Å². The largest absolute Gasteiger partial charge is 0.463 e. The zero-order valence-electron chi connectivity index (χ0n) is 15.1. The molecule has 140 valence electrons. The summed E-state index contributed by atoms with van der Waals surface area (Å²) < 4.78 is 5.23. The minimum atomic E-state index is -0.585. The smallest absolute Gasteiger partial charge is 0.336 e. The maximum Gasteiger partial charge on any atom is 0.336 e. The number of anilines is 1.